The molecule has 0 aliphatic carbocycles. The molecule has 6 aromatic rings. The zero-order valence-corrected chi connectivity index (χ0v) is 33.0. The van der Waals surface area contributed by atoms with Crippen molar-refractivity contribution in [1.82, 2.24) is 0 Å². The Hall–Kier alpha value is -2.78. The summed E-state index contributed by atoms with van der Waals surface area (Å²) < 4.78 is 38.7. The summed E-state index contributed by atoms with van der Waals surface area (Å²) in [6.45, 7) is 18.3. The van der Waals surface area contributed by atoms with Crippen LogP contribution in [-0.2, 0) is 35.9 Å². The minimum Gasteiger partial charge on any atom is -0.214 e. The molecule has 48 heavy (non-hydrogen) atoms. The van der Waals surface area contributed by atoms with Gasteiger partial charge in [-0.15, -0.1) is 39.7 Å². The fourth-order valence-electron chi connectivity index (χ4n) is 5.18. The van der Waals surface area contributed by atoms with Crippen molar-refractivity contribution in [1.29, 1.82) is 0 Å². The summed E-state index contributed by atoms with van der Waals surface area (Å²) in [5.41, 5.74) is 5.40. The fraction of sp³-hybridized carbons (Fsp3) is 0.262. The van der Waals surface area contributed by atoms with Crippen molar-refractivity contribution in [2.45, 2.75) is 72.4 Å². The molecular weight excluding hydrogens is 724 g/mol. The standard InChI is InChI=1S/C23H29.C7H4F3.C6H5.C5H5.CH2.2ClH.Zr/c1-14-9-16-11-17-10-15(2)21(23(6,7)8)13-19(17)18(16)12-20(14)22(3,4)5;8-7(9,10)6-4-2-1-3-5-6;1-2-4-6-5-3-1;1-2-4-5-3-1;;;;/h9-13H,1-8H3;1-2,4-5H;1-5H;1-5H;1H2;2*1H;/q4*-1;;;;+2/p-2. The molecule has 0 aromatic heterocycles. The second kappa shape index (κ2) is 18.8. The van der Waals surface area contributed by atoms with Crippen LogP contribution in [0.2, 0.25) is 0 Å². The second-order valence-electron chi connectivity index (χ2n) is 13.3. The van der Waals surface area contributed by atoms with E-state index in [-0.39, 0.29) is 10.8 Å². The van der Waals surface area contributed by atoms with Crippen molar-refractivity contribution >= 4 is 42.8 Å². The van der Waals surface area contributed by atoms with Gasteiger partial charge in [0.05, 0.1) is 0 Å². The molecule has 0 spiro atoms. The van der Waals surface area contributed by atoms with Gasteiger partial charge in [0.15, 0.2) is 0 Å². The molecule has 0 aliphatic heterocycles. The van der Waals surface area contributed by atoms with Crippen molar-refractivity contribution in [3.05, 3.63) is 155 Å². The Labute approximate surface area is 300 Å². The van der Waals surface area contributed by atoms with Crippen LogP contribution in [0.4, 0.5) is 13.2 Å². The van der Waals surface area contributed by atoms with Crippen molar-refractivity contribution in [2.24, 2.45) is 0 Å². The van der Waals surface area contributed by atoms with Gasteiger partial charge in [-0.3, -0.25) is 0 Å². The molecule has 6 aromatic carbocycles. The third kappa shape index (κ3) is 14.0. The van der Waals surface area contributed by atoms with Crippen molar-refractivity contribution in [3.63, 3.8) is 0 Å². The van der Waals surface area contributed by atoms with Gasteiger partial charge >= 0.3 is 46.3 Å². The summed E-state index contributed by atoms with van der Waals surface area (Å²) in [5.74, 6) is 0. The van der Waals surface area contributed by atoms with E-state index in [0.717, 1.165) is 12.1 Å². The van der Waals surface area contributed by atoms with Gasteiger partial charge in [-0.1, -0.05) is 81.5 Å². The Morgan fingerprint density at radius 1 is 0.667 bits per heavy atom. The van der Waals surface area contributed by atoms with E-state index in [4.69, 9.17) is 17.0 Å². The molecule has 0 heterocycles. The van der Waals surface area contributed by atoms with Crippen LogP contribution in [0.25, 0.3) is 21.5 Å². The normalized spacial score (nSPS) is 11.1. The second-order valence-corrected chi connectivity index (χ2v) is 21.5. The van der Waals surface area contributed by atoms with E-state index < -0.39 is 30.6 Å². The van der Waals surface area contributed by atoms with Crippen molar-refractivity contribution in [2.75, 3.05) is 0 Å². The first-order chi connectivity index (χ1) is 22.3. The van der Waals surface area contributed by atoms with Gasteiger partial charge in [-0.05, 0) is 24.7 Å². The minimum atomic E-state index is -4.24. The average Bonchev–Trinajstić information content (AvgIpc) is 3.68. The largest absolute Gasteiger partial charge is 0.214 e. The number of fused-ring (bicyclic) bond motifs is 3. The summed E-state index contributed by atoms with van der Waals surface area (Å²) in [6, 6.07) is 41.4. The van der Waals surface area contributed by atoms with E-state index in [2.05, 4.69) is 102 Å². The monoisotopic (exact) mass is 766 g/mol. The SMILES string of the molecule is Cc1cc2[cH-]c3cc(C)c(C(C)(C)C)cc3c2cc1C(C)(C)C.FC(F)(F)c1c[c-]ccc1.[CH2]=[Zr]([Cl])[Cl].[c-]1ccccc1.c1cc[cH-]c1. The number of halogens is 5. The number of benzene rings is 4. The molecule has 0 nitrogen and oxygen atoms in total. The van der Waals surface area contributed by atoms with Gasteiger partial charge in [-0.2, -0.15) is 98.1 Å². The minimum absolute atomic E-state index is 0.180. The van der Waals surface area contributed by atoms with Crippen LogP contribution >= 0.6 is 17.0 Å². The Morgan fingerprint density at radius 3 is 1.35 bits per heavy atom. The first-order valence-electron chi connectivity index (χ1n) is 15.6. The van der Waals surface area contributed by atoms with Gasteiger partial charge in [0, 0.05) is 0 Å². The first kappa shape index (κ1) is 41.4. The van der Waals surface area contributed by atoms with E-state index in [1.54, 1.807) is 0 Å². The molecule has 6 rings (SSSR count). The molecule has 0 fully saturated rings. The summed E-state index contributed by atoms with van der Waals surface area (Å²) in [4.78, 5) is 0. The maximum Gasteiger partial charge on any atom is -0.171 e. The molecular formula is C42H45Cl2F3Zr-4. The molecule has 0 saturated heterocycles. The molecule has 0 bridgehead atoms. The smallest absolute Gasteiger partial charge is 0.171 e. The fourth-order valence-corrected chi connectivity index (χ4v) is 5.18. The third-order valence-corrected chi connectivity index (χ3v) is 7.21. The van der Waals surface area contributed by atoms with Crippen LogP contribution in [0.15, 0.2) is 115 Å². The summed E-state index contributed by atoms with van der Waals surface area (Å²) in [6.07, 6.45) is -4.24. The van der Waals surface area contributed by atoms with Crippen LogP contribution in [0.3, 0.4) is 0 Å². The Kier molecular flexibility index (Phi) is 16.2. The van der Waals surface area contributed by atoms with Gasteiger partial charge in [0.2, 0.25) is 0 Å². The van der Waals surface area contributed by atoms with Gasteiger partial charge < -0.3 is 0 Å². The number of rotatable bonds is 0. The molecule has 0 unspecified atom stereocenters. The predicted molar refractivity (Wildman–Crippen MR) is 200 cm³/mol. The van der Waals surface area contributed by atoms with Gasteiger partial charge in [-0.25, -0.2) is 12.1 Å². The van der Waals surface area contributed by atoms with Crippen LogP contribution in [0.1, 0.15) is 69.4 Å². The number of aryl methyl sites for hydroxylation is 2. The first-order valence-corrected chi connectivity index (χ1v) is 23.7. The van der Waals surface area contributed by atoms with Gasteiger partial charge in [0.1, 0.15) is 0 Å². The van der Waals surface area contributed by atoms with Crippen molar-refractivity contribution in [3.8, 4) is 0 Å². The van der Waals surface area contributed by atoms with E-state index in [1.807, 2.05) is 60.7 Å². The van der Waals surface area contributed by atoms with E-state index in [0.29, 0.717) is 0 Å². The van der Waals surface area contributed by atoms with Crippen LogP contribution in [-0.4, -0.2) is 4.21 Å². The van der Waals surface area contributed by atoms with E-state index >= 15 is 0 Å². The van der Waals surface area contributed by atoms with E-state index in [1.165, 1.54) is 55.9 Å². The average molecular weight is 769 g/mol. The maximum absolute atomic E-state index is 11.8. The summed E-state index contributed by atoms with van der Waals surface area (Å²) >= 11 is -1.85. The zero-order valence-electron chi connectivity index (χ0n) is 29.1. The topological polar surface area (TPSA) is 0 Å². The quantitative estimate of drug-likeness (QED) is 0.135. The third-order valence-electron chi connectivity index (χ3n) is 7.21. The van der Waals surface area contributed by atoms with Crippen molar-refractivity contribution < 1.29 is 32.1 Å². The Bertz CT molecular complexity index is 1680. The van der Waals surface area contributed by atoms with Crippen LogP contribution in [0, 0.1) is 26.0 Å². The number of alkyl halides is 3. The molecule has 256 valence electrons. The Morgan fingerprint density at radius 2 is 1.10 bits per heavy atom. The molecule has 0 N–H and O–H groups in total. The zero-order chi connectivity index (χ0) is 36.1. The maximum atomic E-state index is 11.8. The number of hydrogen-bond donors (Lipinski definition) is 0. The molecule has 0 radical (unpaired) electrons. The molecule has 0 saturated carbocycles. The number of hydrogen-bond acceptors (Lipinski definition) is 0. The van der Waals surface area contributed by atoms with Crippen LogP contribution < -0.4 is 0 Å². The molecule has 0 amide bonds. The molecule has 0 aliphatic rings. The van der Waals surface area contributed by atoms with Gasteiger partial charge in [0.25, 0.3) is 0 Å². The summed E-state index contributed by atoms with van der Waals surface area (Å²) in [5, 5.41) is 5.55. The molecule has 6 heteroatoms. The van der Waals surface area contributed by atoms with Crippen LogP contribution in [0.5, 0.6) is 0 Å². The Balaban J connectivity index is 0.000000260. The van der Waals surface area contributed by atoms with E-state index in [9.17, 15) is 13.2 Å². The molecule has 0 atom stereocenters. The predicted octanol–water partition coefficient (Wildman–Crippen LogP) is 13.7. The summed E-state index contributed by atoms with van der Waals surface area (Å²) in [7, 11) is 10.3.